The van der Waals surface area contributed by atoms with Crippen molar-refractivity contribution in [3.8, 4) is 17.2 Å². The number of nitrogens with zero attached hydrogens (tertiary/aromatic N) is 1. The zero-order chi connectivity index (χ0) is 16.3. The Hall–Kier alpha value is -2.67. The van der Waals surface area contributed by atoms with Gasteiger partial charge in [0.25, 0.3) is 0 Å². The van der Waals surface area contributed by atoms with Crippen LogP contribution in [-0.2, 0) is 4.74 Å². The minimum absolute atomic E-state index is 0.255. The molecule has 0 atom stereocenters. The average molecular weight is 297 g/mol. The Morgan fingerprint density at radius 3 is 2.32 bits per heavy atom. The molecule has 0 radical (unpaired) electrons. The van der Waals surface area contributed by atoms with Gasteiger partial charge in [0.15, 0.2) is 0 Å². The number of ether oxygens (including phenoxy) is 1. The number of benzene rings is 2. The highest BCUT2D eigenvalue weighted by atomic mass is 19.1. The Labute approximate surface area is 129 Å². The number of nitriles is 1. The van der Waals surface area contributed by atoms with Gasteiger partial charge in [-0.2, -0.15) is 5.26 Å². The second-order valence-corrected chi connectivity index (χ2v) is 5.88. The van der Waals surface area contributed by atoms with E-state index in [-0.39, 0.29) is 5.56 Å². The van der Waals surface area contributed by atoms with Crippen LogP contribution < -0.4 is 0 Å². The first-order valence-corrected chi connectivity index (χ1v) is 6.83. The molecule has 0 aromatic heterocycles. The topological polar surface area (TPSA) is 50.1 Å². The first kappa shape index (κ1) is 15.7. The average Bonchev–Trinajstić information content (AvgIpc) is 2.45. The van der Waals surface area contributed by atoms with Crippen LogP contribution in [0.1, 0.15) is 36.7 Å². The molecule has 2 aromatic carbocycles. The molecule has 3 nitrogen and oxygen atoms in total. The molecule has 112 valence electrons. The molecule has 0 N–H and O–H groups in total. The Morgan fingerprint density at radius 1 is 1.14 bits per heavy atom. The van der Waals surface area contributed by atoms with Gasteiger partial charge < -0.3 is 4.74 Å². The Bertz CT molecular complexity index is 737. The minimum atomic E-state index is -0.555. The predicted octanol–water partition coefficient (Wildman–Crippen LogP) is 4.32. The van der Waals surface area contributed by atoms with Crippen LogP contribution in [-0.4, -0.2) is 11.6 Å². The number of hydrogen-bond donors (Lipinski definition) is 0. The molecule has 0 bridgehead atoms. The van der Waals surface area contributed by atoms with Crippen molar-refractivity contribution >= 4 is 5.97 Å². The third kappa shape index (κ3) is 3.70. The van der Waals surface area contributed by atoms with Gasteiger partial charge in [0.2, 0.25) is 0 Å². The zero-order valence-corrected chi connectivity index (χ0v) is 12.7. The normalized spacial score (nSPS) is 10.9. The molecule has 0 spiro atoms. The SMILES string of the molecule is CC(C)(C)OC(=O)c1ccc(-c2ccc(F)cc2C#N)cc1. The van der Waals surface area contributed by atoms with Crippen molar-refractivity contribution in [3.05, 3.63) is 59.4 Å². The second kappa shape index (κ2) is 5.98. The van der Waals surface area contributed by atoms with Gasteiger partial charge in [-0.25, -0.2) is 9.18 Å². The van der Waals surface area contributed by atoms with E-state index < -0.39 is 17.4 Å². The van der Waals surface area contributed by atoms with Crippen molar-refractivity contribution < 1.29 is 13.9 Å². The van der Waals surface area contributed by atoms with E-state index in [9.17, 15) is 9.18 Å². The van der Waals surface area contributed by atoms with Crippen LogP contribution in [0.25, 0.3) is 11.1 Å². The van der Waals surface area contributed by atoms with Crippen molar-refractivity contribution in [3.63, 3.8) is 0 Å². The fourth-order valence-corrected chi connectivity index (χ4v) is 1.98. The number of halogens is 1. The molecule has 0 fully saturated rings. The Balaban J connectivity index is 2.30. The Kier molecular flexibility index (Phi) is 4.27. The molecular weight excluding hydrogens is 281 g/mol. The van der Waals surface area contributed by atoms with E-state index in [0.29, 0.717) is 11.1 Å². The largest absolute Gasteiger partial charge is 0.456 e. The third-order valence-electron chi connectivity index (χ3n) is 2.93. The lowest BCUT2D eigenvalue weighted by molar-refractivity contribution is 0.00696. The van der Waals surface area contributed by atoms with Crippen LogP contribution in [0, 0.1) is 17.1 Å². The highest BCUT2D eigenvalue weighted by Gasteiger charge is 2.17. The first-order chi connectivity index (χ1) is 10.3. The van der Waals surface area contributed by atoms with Crippen molar-refractivity contribution in [1.82, 2.24) is 0 Å². The molecule has 0 unspecified atom stereocenters. The third-order valence-corrected chi connectivity index (χ3v) is 2.93. The standard InChI is InChI=1S/C18H16FNO2/c1-18(2,3)22-17(21)13-6-4-12(5-7-13)16-9-8-15(19)10-14(16)11-20/h4-10H,1-3H3. The molecule has 2 aromatic rings. The summed E-state index contributed by atoms with van der Waals surface area (Å²) in [4.78, 5) is 12.0. The molecule has 0 saturated heterocycles. The number of hydrogen-bond acceptors (Lipinski definition) is 3. The fourth-order valence-electron chi connectivity index (χ4n) is 1.98. The van der Waals surface area contributed by atoms with Crippen molar-refractivity contribution in [2.45, 2.75) is 26.4 Å². The summed E-state index contributed by atoms with van der Waals surface area (Å²) in [7, 11) is 0. The maximum atomic E-state index is 13.2. The minimum Gasteiger partial charge on any atom is -0.456 e. The van der Waals surface area contributed by atoms with E-state index in [1.54, 1.807) is 51.1 Å². The van der Waals surface area contributed by atoms with Crippen LogP contribution in [0.4, 0.5) is 4.39 Å². The molecule has 0 aliphatic carbocycles. The van der Waals surface area contributed by atoms with E-state index in [1.807, 2.05) is 6.07 Å². The summed E-state index contributed by atoms with van der Waals surface area (Å²) in [5, 5.41) is 9.08. The van der Waals surface area contributed by atoms with E-state index in [1.165, 1.54) is 12.1 Å². The molecule has 2 rings (SSSR count). The second-order valence-electron chi connectivity index (χ2n) is 5.88. The van der Waals surface area contributed by atoms with Gasteiger partial charge in [0.05, 0.1) is 17.2 Å². The van der Waals surface area contributed by atoms with Crippen molar-refractivity contribution in [2.75, 3.05) is 0 Å². The summed E-state index contributed by atoms with van der Waals surface area (Å²) in [6.07, 6.45) is 0. The number of carbonyl (C=O) groups excluding carboxylic acids is 1. The van der Waals surface area contributed by atoms with Crippen LogP contribution in [0.15, 0.2) is 42.5 Å². The monoisotopic (exact) mass is 297 g/mol. The van der Waals surface area contributed by atoms with Gasteiger partial charge in [-0.15, -0.1) is 0 Å². The van der Waals surface area contributed by atoms with Gasteiger partial charge >= 0.3 is 5.97 Å². The summed E-state index contributed by atoms with van der Waals surface area (Å²) in [5.74, 6) is -0.857. The highest BCUT2D eigenvalue weighted by molar-refractivity contribution is 5.90. The van der Waals surface area contributed by atoms with E-state index in [0.717, 1.165) is 5.56 Å². The summed E-state index contributed by atoms with van der Waals surface area (Å²) < 4.78 is 18.5. The fraction of sp³-hybridized carbons (Fsp3) is 0.222. The molecule has 0 amide bonds. The summed E-state index contributed by atoms with van der Waals surface area (Å²) >= 11 is 0. The lowest BCUT2D eigenvalue weighted by Crippen LogP contribution is -2.23. The summed E-state index contributed by atoms with van der Waals surface area (Å²) in [6, 6.07) is 12.7. The predicted molar refractivity (Wildman–Crippen MR) is 81.7 cm³/mol. The van der Waals surface area contributed by atoms with Gasteiger partial charge in [-0.05, 0) is 56.2 Å². The van der Waals surface area contributed by atoms with Crippen LogP contribution in [0.3, 0.4) is 0 Å². The van der Waals surface area contributed by atoms with E-state index in [4.69, 9.17) is 10.00 Å². The quantitative estimate of drug-likeness (QED) is 0.776. The molecular formula is C18H16FNO2. The van der Waals surface area contributed by atoms with Gasteiger partial charge in [-0.3, -0.25) is 0 Å². The number of carbonyl (C=O) groups is 1. The zero-order valence-electron chi connectivity index (χ0n) is 12.7. The molecule has 0 aliphatic heterocycles. The molecule has 4 heteroatoms. The Morgan fingerprint density at radius 2 is 1.77 bits per heavy atom. The van der Waals surface area contributed by atoms with Gasteiger partial charge in [-0.1, -0.05) is 18.2 Å². The van der Waals surface area contributed by atoms with Crippen LogP contribution in [0.2, 0.25) is 0 Å². The van der Waals surface area contributed by atoms with Gasteiger partial charge in [0, 0.05) is 0 Å². The van der Waals surface area contributed by atoms with E-state index >= 15 is 0 Å². The number of esters is 1. The van der Waals surface area contributed by atoms with Crippen LogP contribution in [0.5, 0.6) is 0 Å². The molecule has 0 aliphatic rings. The summed E-state index contributed by atoms with van der Waals surface area (Å²) in [6.45, 7) is 5.41. The lowest BCUT2D eigenvalue weighted by Gasteiger charge is -2.19. The number of rotatable bonds is 2. The smallest absolute Gasteiger partial charge is 0.338 e. The molecule has 22 heavy (non-hydrogen) atoms. The van der Waals surface area contributed by atoms with Crippen LogP contribution >= 0.6 is 0 Å². The molecule has 0 heterocycles. The lowest BCUT2D eigenvalue weighted by atomic mass is 9.99. The maximum absolute atomic E-state index is 13.2. The highest BCUT2D eigenvalue weighted by Crippen LogP contribution is 2.25. The molecule has 0 saturated carbocycles. The first-order valence-electron chi connectivity index (χ1n) is 6.83. The van der Waals surface area contributed by atoms with Crippen molar-refractivity contribution in [2.24, 2.45) is 0 Å². The van der Waals surface area contributed by atoms with E-state index in [2.05, 4.69) is 0 Å². The maximum Gasteiger partial charge on any atom is 0.338 e. The van der Waals surface area contributed by atoms with Gasteiger partial charge in [0.1, 0.15) is 11.4 Å². The summed E-state index contributed by atoms with van der Waals surface area (Å²) in [5.41, 5.74) is 1.49. The van der Waals surface area contributed by atoms with Crippen molar-refractivity contribution in [1.29, 1.82) is 5.26 Å².